The number of likely N-dealkylation sites (tertiary alicyclic amines) is 2. The Bertz CT molecular complexity index is 1330. The minimum absolute atomic E-state index is 0. The summed E-state index contributed by atoms with van der Waals surface area (Å²) in [5.74, 6) is 0. The molecule has 234 valence electrons. The van der Waals surface area contributed by atoms with E-state index in [9.17, 15) is 0 Å². The van der Waals surface area contributed by atoms with E-state index >= 15 is 0 Å². The number of benzene rings is 2. The van der Waals surface area contributed by atoms with Gasteiger partial charge in [-0.15, -0.1) is 0 Å². The van der Waals surface area contributed by atoms with Crippen molar-refractivity contribution in [3.8, 4) is 11.1 Å². The molecule has 2 aromatic heterocycles. The summed E-state index contributed by atoms with van der Waals surface area (Å²) in [6.07, 6.45) is 18.9. The lowest BCUT2D eigenvalue weighted by atomic mass is 10.00. The molecule has 6 heteroatoms. The van der Waals surface area contributed by atoms with Crippen molar-refractivity contribution in [2.75, 3.05) is 27.2 Å². The van der Waals surface area contributed by atoms with Gasteiger partial charge in [0.2, 0.25) is 0 Å². The Hall–Kier alpha value is -2.38. The molecule has 44 heavy (non-hydrogen) atoms. The molecule has 0 bridgehead atoms. The number of rotatable bonds is 11. The molecular formula is C38H48Br2N4. The van der Waals surface area contributed by atoms with Crippen molar-refractivity contribution in [3.05, 3.63) is 120 Å². The summed E-state index contributed by atoms with van der Waals surface area (Å²) in [5.41, 5.74) is 8.37. The molecule has 2 aliphatic rings. The Kier molecular flexibility index (Phi) is 13.2. The first-order chi connectivity index (χ1) is 20.6. The van der Waals surface area contributed by atoms with Crippen LogP contribution >= 0.6 is 0 Å². The zero-order valence-corrected chi connectivity index (χ0v) is 29.6. The number of hydrogen-bond acceptors (Lipinski definition) is 2. The molecule has 2 atom stereocenters. The van der Waals surface area contributed by atoms with Crippen LogP contribution in [0.25, 0.3) is 11.1 Å². The van der Waals surface area contributed by atoms with E-state index in [0.717, 1.165) is 38.8 Å². The average Bonchev–Trinajstić information content (AvgIpc) is 3.66. The van der Waals surface area contributed by atoms with E-state index in [2.05, 4.69) is 131 Å². The number of aryl methyl sites for hydroxylation is 4. The van der Waals surface area contributed by atoms with Crippen LogP contribution in [-0.2, 0) is 25.9 Å². The van der Waals surface area contributed by atoms with Crippen LogP contribution in [0.15, 0.2) is 97.6 Å². The average molecular weight is 721 g/mol. The Morgan fingerprint density at radius 2 is 1.00 bits per heavy atom. The molecule has 0 spiro atoms. The molecule has 2 aromatic carbocycles. The molecule has 4 aromatic rings. The lowest BCUT2D eigenvalue weighted by Gasteiger charge is -2.18. The van der Waals surface area contributed by atoms with Crippen molar-refractivity contribution < 1.29 is 43.1 Å². The van der Waals surface area contributed by atoms with Crippen LogP contribution in [0.4, 0.5) is 0 Å². The van der Waals surface area contributed by atoms with Crippen LogP contribution in [0.1, 0.15) is 72.9 Å². The highest BCUT2D eigenvalue weighted by atomic mass is 79.9. The van der Waals surface area contributed by atoms with Gasteiger partial charge < -0.3 is 34.0 Å². The molecule has 0 aliphatic carbocycles. The first-order valence-electron chi connectivity index (χ1n) is 16.2. The molecular weight excluding hydrogens is 672 g/mol. The minimum atomic E-state index is 0. The smallest absolute Gasteiger partial charge is 0.173 e. The standard InChI is InChI=1S/C38H48N4.2BrH/c1-39-23-7-13-37(39)35-11-5-27-41(29-35)25-3-9-31-15-19-33(20-16-31)34-21-17-32(18-22-34)10-4-26-42-28-6-12-36(30-42)38-14-8-24-40(38)2;;/h5-6,11-12,15-22,27-30,37-38H,3-4,7-10,13-14,23-26H2,1-2H3;2*1H/q+2;;/p-2/t37-,38+;;. The molecule has 2 saturated heterocycles. The van der Waals surface area contributed by atoms with Gasteiger partial charge in [0.25, 0.3) is 0 Å². The van der Waals surface area contributed by atoms with E-state index < -0.39 is 0 Å². The van der Waals surface area contributed by atoms with Crippen molar-refractivity contribution in [3.63, 3.8) is 0 Å². The summed E-state index contributed by atoms with van der Waals surface area (Å²) in [7, 11) is 4.51. The fraction of sp³-hybridized carbons (Fsp3) is 0.421. The summed E-state index contributed by atoms with van der Waals surface area (Å²) in [5, 5.41) is 0. The summed E-state index contributed by atoms with van der Waals surface area (Å²) in [6.45, 7) is 4.56. The lowest BCUT2D eigenvalue weighted by Crippen LogP contribution is -3.00. The molecule has 2 aliphatic heterocycles. The van der Waals surface area contributed by atoms with Crippen molar-refractivity contribution in [2.24, 2.45) is 0 Å². The Morgan fingerprint density at radius 3 is 1.36 bits per heavy atom. The third-order valence-corrected chi connectivity index (χ3v) is 9.58. The van der Waals surface area contributed by atoms with Crippen LogP contribution in [0.2, 0.25) is 0 Å². The summed E-state index contributed by atoms with van der Waals surface area (Å²) in [6, 6.07) is 28.6. The van der Waals surface area contributed by atoms with Gasteiger partial charge in [0.05, 0.1) is 0 Å². The van der Waals surface area contributed by atoms with Crippen LogP contribution in [-0.4, -0.2) is 37.0 Å². The predicted molar refractivity (Wildman–Crippen MR) is 171 cm³/mol. The molecule has 0 radical (unpaired) electrons. The molecule has 2 fully saturated rings. The van der Waals surface area contributed by atoms with Gasteiger partial charge in [-0.1, -0.05) is 48.5 Å². The van der Waals surface area contributed by atoms with Gasteiger partial charge in [-0.3, -0.25) is 9.80 Å². The van der Waals surface area contributed by atoms with Crippen LogP contribution in [0.5, 0.6) is 0 Å². The maximum absolute atomic E-state index is 2.49. The Labute approximate surface area is 286 Å². The van der Waals surface area contributed by atoms with E-state index in [1.165, 1.54) is 72.2 Å². The second-order valence-electron chi connectivity index (χ2n) is 12.6. The fourth-order valence-electron chi connectivity index (χ4n) is 7.08. The molecule has 4 heterocycles. The lowest BCUT2D eigenvalue weighted by molar-refractivity contribution is -0.697. The maximum atomic E-state index is 2.49. The highest BCUT2D eigenvalue weighted by molar-refractivity contribution is 5.64. The monoisotopic (exact) mass is 718 g/mol. The van der Waals surface area contributed by atoms with E-state index in [-0.39, 0.29) is 34.0 Å². The third kappa shape index (κ3) is 8.87. The summed E-state index contributed by atoms with van der Waals surface area (Å²) >= 11 is 0. The first-order valence-corrected chi connectivity index (χ1v) is 16.2. The molecule has 0 amide bonds. The molecule has 4 nitrogen and oxygen atoms in total. The zero-order valence-electron chi connectivity index (χ0n) is 26.4. The Balaban J connectivity index is 0.00000221. The Morgan fingerprint density at radius 1 is 0.591 bits per heavy atom. The quantitative estimate of drug-likeness (QED) is 0.213. The first kappa shape index (κ1) is 34.5. The van der Waals surface area contributed by atoms with Crippen molar-refractivity contribution in [1.82, 2.24) is 9.80 Å². The number of hydrogen-bond donors (Lipinski definition) is 0. The van der Waals surface area contributed by atoms with Gasteiger partial charge in [0.1, 0.15) is 13.1 Å². The number of pyridine rings is 2. The maximum Gasteiger partial charge on any atom is 0.173 e. The van der Waals surface area contributed by atoms with Gasteiger partial charge in [0, 0.05) is 48.2 Å². The molecule has 0 saturated carbocycles. The number of nitrogens with zero attached hydrogens (tertiary/aromatic N) is 4. The highest BCUT2D eigenvalue weighted by Gasteiger charge is 2.25. The normalized spacial score (nSPS) is 18.6. The van der Waals surface area contributed by atoms with Crippen molar-refractivity contribution >= 4 is 0 Å². The van der Waals surface area contributed by atoms with E-state index in [1.54, 1.807) is 0 Å². The highest BCUT2D eigenvalue weighted by Crippen LogP contribution is 2.30. The van der Waals surface area contributed by atoms with E-state index in [1.807, 2.05) is 0 Å². The van der Waals surface area contributed by atoms with Gasteiger partial charge in [-0.2, -0.15) is 0 Å². The topological polar surface area (TPSA) is 14.2 Å². The van der Waals surface area contributed by atoms with E-state index in [4.69, 9.17) is 0 Å². The van der Waals surface area contributed by atoms with Crippen molar-refractivity contribution in [1.29, 1.82) is 0 Å². The molecule has 6 rings (SSSR count). The van der Waals surface area contributed by atoms with Crippen molar-refractivity contribution in [2.45, 2.75) is 76.5 Å². The third-order valence-electron chi connectivity index (χ3n) is 9.58. The van der Waals surface area contributed by atoms with E-state index in [0.29, 0.717) is 12.1 Å². The predicted octanol–water partition coefficient (Wildman–Crippen LogP) is 0.736. The second kappa shape index (κ2) is 16.8. The molecule has 0 unspecified atom stereocenters. The van der Waals surface area contributed by atoms with Crippen LogP contribution < -0.4 is 43.1 Å². The largest absolute Gasteiger partial charge is 1.00 e. The zero-order chi connectivity index (χ0) is 28.7. The summed E-state index contributed by atoms with van der Waals surface area (Å²) in [4.78, 5) is 4.98. The van der Waals surface area contributed by atoms with Gasteiger partial charge >= 0.3 is 0 Å². The second-order valence-corrected chi connectivity index (χ2v) is 12.6. The number of halogens is 2. The van der Waals surface area contributed by atoms with Gasteiger partial charge in [-0.05, 0) is 100 Å². The SMILES string of the molecule is CN1CCC[C@@H]1c1ccc[n+](CCCc2ccc(-c3ccc(CCC[n+]4cccc([C@@H]5CCCN5C)c4)cc3)cc2)c1.[Br-].[Br-]. The van der Waals surface area contributed by atoms with Gasteiger partial charge in [-0.25, -0.2) is 9.13 Å². The van der Waals surface area contributed by atoms with Gasteiger partial charge in [0.15, 0.2) is 24.8 Å². The van der Waals surface area contributed by atoms with Crippen LogP contribution in [0, 0.1) is 0 Å². The molecule has 0 N–H and O–H groups in total. The number of aromatic nitrogens is 2. The van der Waals surface area contributed by atoms with Crippen LogP contribution in [0.3, 0.4) is 0 Å². The minimum Gasteiger partial charge on any atom is -1.00 e. The fourth-order valence-corrected chi connectivity index (χ4v) is 7.08. The summed E-state index contributed by atoms with van der Waals surface area (Å²) < 4.78 is 4.75.